The summed E-state index contributed by atoms with van der Waals surface area (Å²) in [6.07, 6.45) is 5.36. The van der Waals surface area contributed by atoms with Crippen molar-refractivity contribution in [1.82, 2.24) is 15.0 Å². The summed E-state index contributed by atoms with van der Waals surface area (Å²) in [5, 5.41) is 1.71. The number of thioether (sulfide) groups is 1. The number of rotatable bonds is 3. The van der Waals surface area contributed by atoms with Crippen molar-refractivity contribution in [2.75, 3.05) is 5.75 Å². The lowest BCUT2D eigenvalue weighted by molar-refractivity contribution is 0.990. The molecule has 0 unspecified atom stereocenters. The van der Waals surface area contributed by atoms with Crippen LogP contribution in [0.25, 0.3) is 11.0 Å². The molecule has 0 amide bonds. The molecule has 2 aromatic rings. The minimum atomic E-state index is 0.745. The van der Waals surface area contributed by atoms with Crippen LogP contribution in [0.4, 0.5) is 0 Å². The van der Waals surface area contributed by atoms with E-state index in [1.54, 1.807) is 24.2 Å². The molecule has 0 radical (unpaired) electrons. The smallest absolute Gasteiger partial charge is 0.189 e. The SMILES string of the molecule is C=CCSc1ncc2cccnc2n1. The van der Waals surface area contributed by atoms with Gasteiger partial charge in [0.05, 0.1) is 0 Å². The molecule has 2 rings (SSSR count). The molecule has 0 aliphatic rings. The van der Waals surface area contributed by atoms with Gasteiger partial charge in [-0.2, -0.15) is 0 Å². The second kappa shape index (κ2) is 4.19. The van der Waals surface area contributed by atoms with Crippen molar-refractivity contribution in [3.05, 3.63) is 37.2 Å². The molecule has 0 bridgehead atoms. The van der Waals surface area contributed by atoms with Gasteiger partial charge < -0.3 is 0 Å². The first kappa shape index (κ1) is 9.15. The molecule has 0 spiro atoms. The fraction of sp³-hybridized carbons (Fsp3) is 0.100. The molecule has 3 nitrogen and oxygen atoms in total. The summed E-state index contributed by atoms with van der Waals surface area (Å²) in [6, 6.07) is 3.83. The number of hydrogen-bond acceptors (Lipinski definition) is 4. The highest BCUT2D eigenvalue weighted by molar-refractivity contribution is 7.99. The molecule has 2 aromatic heterocycles. The van der Waals surface area contributed by atoms with Gasteiger partial charge in [0.25, 0.3) is 0 Å². The Morgan fingerprint density at radius 2 is 2.36 bits per heavy atom. The maximum absolute atomic E-state index is 4.31. The Hall–Kier alpha value is -1.42. The maximum atomic E-state index is 4.31. The fourth-order valence-electron chi connectivity index (χ4n) is 1.05. The summed E-state index contributed by atoms with van der Waals surface area (Å²) in [6.45, 7) is 3.65. The molecule has 14 heavy (non-hydrogen) atoms. The zero-order valence-electron chi connectivity index (χ0n) is 7.55. The Bertz CT molecular complexity index is 456. The predicted octanol–water partition coefficient (Wildman–Crippen LogP) is 2.30. The third-order valence-corrected chi connectivity index (χ3v) is 2.52. The van der Waals surface area contributed by atoms with Gasteiger partial charge in [0.15, 0.2) is 10.8 Å². The average Bonchev–Trinajstić information content (AvgIpc) is 2.26. The van der Waals surface area contributed by atoms with E-state index in [0.717, 1.165) is 21.9 Å². The van der Waals surface area contributed by atoms with Crippen LogP contribution >= 0.6 is 11.8 Å². The van der Waals surface area contributed by atoms with Gasteiger partial charge in [0, 0.05) is 23.5 Å². The van der Waals surface area contributed by atoms with Crippen molar-refractivity contribution in [2.45, 2.75) is 5.16 Å². The molecular weight excluding hydrogens is 194 g/mol. The lowest BCUT2D eigenvalue weighted by Crippen LogP contribution is -1.89. The molecule has 0 N–H and O–H groups in total. The highest BCUT2D eigenvalue weighted by Gasteiger charge is 1.99. The molecule has 70 valence electrons. The largest absolute Gasteiger partial charge is 0.237 e. The zero-order chi connectivity index (χ0) is 9.80. The van der Waals surface area contributed by atoms with Gasteiger partial charge in [-0.25, -0.2) is 15.0 Å². The van der Waals surface area contributed by atoms with Crippen LogP contribution in [-0.2, 0) is 0 Å². The quantitative estimate of drug-likeness (QED) is 0.436. The first-order chi connectivity index (χ1) is 6.90. The number of nitrogens with zero attached hydrogens (tertiary/aromatic N) is 3. The Kier molecular flexibility index (Phi) is 2.74. The molecule has 2 heterocycles. The predicted molar refractivity (Wildman–Crippen MR) is 58.3 cm³/mol. The van der Waals surface area contributed by atoms with E-state index >= 15 is 0 Å². The minimum Gasteiger partial charge on any atom is -0.237 e. The van der Waals surface area contributed by atoms with Crippen LogP contribution in [0.5, 0.6) is 0 Å². The zero-order valence-corrected chi connectivity index (χ0v) is 8.37. The first-order valence-corrected chi connectivity index (χ1v) is 5.20. The van der Waals surface area contributed by atoms with E-state index in [1.165, 1.54) is 0 Å². The van der Waals surface area contributed by atoms with Crippen molar-refractivity contribution in [2.24, 2.45) is 0 Å². The monoisotopic (exact) mass is 203 g/mol. The van der Waals surface area contributed by atoms with Crippen LogP contribution in [0, 0.1) is 0 Å². The molecule has 0 aliphatic heterocycles. The second-order valence-corrected chi connectivity index (χ2v) is 3.66. The van der Waals surface area contributed by atoms with Gasteiger partial charge >= 0.3 is 0 Å². The standard InChI is InChI=1S/C10H9N3S/c1-2-6-14-10-12-7-8-4-3-5-11-9(8)13-10/h2-5,7H,1,6H2. The van der Waals surface area contributed by atoms with E-state index < -0.39 is 0 Å². The van der Waals surface area contributed by atoms with Crippen LogP contribution in [-0.4, -0.2) is 20.7 Å². The van der Waals surface area contributed by atoms with Crippen LogP contribution in [0.1, 0.15) is 0 Å². The topological polar surface area (TPSA) is 38.7 Å². The number of pyridine rings is 1. The molecule has 4 heteroatoms. The van der Waals surface area contributed by atoms with E-state index in [1.807, 2.05) is 18.2 Å². The van der Waals surface area contributed by atoms with E-state index in [4.69, 9.17) is 0 Å². The number of aromatic nitrogens is 3. The lowest BCUT2D eigenvalue weighted by atomic mass is 10.3. The summed E-state index contributed by atoms with van der Waals surface area (Å²) < 4.78 is 0. The third-order valence-electron chi connectivity index (χ3n) is 1.66. The Morgan fingerprint density at radius 1 is 1.43 bits per heavy atom. The van der Waals surface area contributed by atoms with E-state index in [2.05, 4.69) is 21.5 Å². The Labute approximate surface area is 86.3 Å². The van der Waals surface area contributed by atoms with Gasteiger partial charge in [-0.3, -0.25) is 0 Å². The molecule has 0 saturated heterocycles. The normalized spacial score (nSPS) is 10.3. The molecule has 0 aromatic carbocycles. The van der Waals surface area contributed by atoms with Crippen LogP contribution in [0.2, 0.25) is 0 Å². The highest BCUT2D eigenvalue weighted by Crippen LogP contribution is 2.15. The Balaban J connectivity index is 2.36. The van der Waals surface area contributed by atoms with Crippen molar-refractivity contribution in [1.29, 1.82) is 0 Å². The first-order valence-electron chi connectivity index (χ1n) is 4.21. The molecule has 0 atom stereocenters. The van der Waals surface area contributed by atoms with Crippen molar-refractivity contribution >= 4 is 22.8 Å². The van der Waals surface area contributed by atoms with Crippen LogP contribution < -0.4 is 0 Å². The second-order valence-electron chi connectivity index (χ2n) is 2.67. The number of fused-ring (bicyclic) bond motifs is 1. The summed E-state index contributed by atoms with van der Waals surface area (Å²) in [4.78, 5) is 12.7. The molecule has 0 saturated carbocycles. The van der Waals surface area contributed by atoms with Gasteiger partial charge in [-0.05, 0) is 12.1 Å². The van der Waals surface area contributed by atoms with Crippen molar-refractivity contribution in [3.8, 4) is 0 Å². The summed E-state index contributed by atoms with van der Waals surface area (Å²) in [5.74, 6) is 0.818. The number of hydrogen-bond donors (Lipinski definition) is 0. The third kappa shape index (κ3) is 1.90. The lowest BCUT2D eigenvalue weighted by Gasteiger charge is -1.98. The van der Waals surface area contributed by atoms with Crippen molar-refractivity contribution < 1.29 is 0 Å². The Morgan fingerprint density at radius 3 is 3.21 bits per heavy atom. The van der Waals surface area contributed by atoms with E-state index in [0.29, 0.717) is 0 Å². The molecule has 0 aliphatic carbocycles. The molecule has 0 fully saturated rings. The van der Waals surface area contributed by atoms with Gasteiger partial charge in [0.2, 0.25) is 0 Å². The van der Waals surface area contributed by atoms with Crippen LogP contribution in [0.3, 0.4) is 0 Å². The minimum absolute atomic E-state index is 0.745. The van der Waals surface area contributed by atoms with Crippen molar-refractivity contribution in [3.63, 3.8) is 0 Å². The molecular formula is C10H9N3S. The summed E-state index contributed by atoms with van der Waals surface area (Å²) in [5.41, 5.74) is 0.745. The average molecular weight is 203 g/mol. The van der Waals surface area contributed by atoms with E-state index in [-0.39, 0.29) is 0 Å². The highest BCUT2D eigenvalue weighted by atomic mass is 32.2. The summed E-state index contributed by atoms with van der Waals surface area (Å²) in [7, 11) is 0. The van der Waals surface area contributed by atoms with E-state index in [9.17, 15) is 0 Å². The van der Waals surface area contributed by atoms with Gasteiger partial charge in [0.1, 0.15) is 0 Å². The summed E-state index contributed by atoms with van der Waals surface area (Å²) >= 11 is 1.55. The van der Waals surface area contributed by atoms with Gasteiger partial charge in [-0.1, -0.05) is 17.8 Å². The van der Waals surface area contributed by atoms with Crippen LogP contribution in [0.15, 0.2) is 42.3 Å². The fourth-order valence-corrected chi connectivity index (χ4v) is 1.60. The maximum Gasteiger partial charge on any atom is 0.189 e. The van der Waals surface area contributed by atoms with Gasteiger partial charge in [-0.15, -0.1) is 6.58 Å².